The Morgan fingerprint density at radius 2 is 2.21 bits per heavy atom. The summed E-state index contributed by atoms with van der Waals surface area (Å²) in [6, 6.07) is 0.150. The van der Waals surface area contributed by atoms with Gasteiger partial charge in [0.25, 0.3) is 0 Å². The molecule has 0 aromatic carbocycles. The summed E-state index contributed by atoms with van der Waals surface area (Å²) in [6.07, 6.45) is 7.26. The molecule has 0 aliphatic heterocycles. The number of rotatable bonds is 2. The summed E-state index contributed by atoms with van der Waals surface area (Å²) in [5.41, 5.74) is 7.75. The Morgan fingerprint density at radius 3 is 2.86 bits per heavy atom. The Balaban J connectivity index is 2.36. The van der Waals surface area contributed by atoms with Crippen LogP contribution in [0.15, 0.2) is 18.5 Å². The molecule has 0 amide bonds. The number of hydrogen-bond donors (Lipinski definition) is 1. The average Bonchev–Trinajstić information content (AvgIpc) is 2.65. The molecule has 1 aliphatic carbocycles. The third kappa shape index (κ3) is 1.61. The Hall–Kier alpha value is -1.42. The topological polar surface area (TPSA) is 61.0 Å². The molecule has 0 fully saturated rings. The zero-order valence-corrected chi connectivity index (χ0v) is 8.10. The molecule has 0 radical (unpaired) electrons. The third-order valence-corrected chi connectivity index (χ3v) is 2.32. The lowest BCUT2D eigenvalue weighted by Crippen LogP contribution is -2.11. The van der Waals surface area contributed by atoms with Crippen molar-refractivity contribution in [3.63, 3.8) is 0 Å². The standard InChI is InChI=1S/C10H13N3O/c1-14-10-9(12-4-5-13-10)7-2-3-8(11)6-7/h4-6,8H,2-3,11H2,1H3. The first-order valence-electron chi connectivity index (χ1n) is 4.63. The molecular formula is C10H13N3O. The zero-order valence-electron chi connectivity index (χ0n) is 8.10. The monoisotopic (exact) mass is 191 g/mol. The number of hydrogen-bond acceptors (Lipinski definition) is 4. The van der Waals surface area contributed by atoms with E-state index in [1.807, 2.05) is 6.08 Å². The van der Waals surface area contributed by atoms with Gasteiger partial charge in [-0.25, -0.2) is 9.97 Å². The summed E-state index contributed by atoms with van der Waals surface area (Å²) in [7, 11) is 1.60. The molecule has 2 rings (SSSR count). The van der Waals surface area contributed by atoms with Gasteiger partial charge < -0.3 is 10.5 Å². The molecule has 0 bridgehead atoms. The van der Waals surface area contributed by atoms with Crippen LogP contribution in [0.2, 0.25) is 0 Å². The van der Waals surface area contributed by atoms with E-state index in [-0.39, 0.29) is 6.04 Å². The van der Waals surface area contributed by atoms with Gasteiger partial charge in [0.1, 0.15) is 5.69 Å². The van der Waals surface area contributed by atoms with Crippen LogP contribution in [-0.2, 0) is 0 Å². The van der Waals surface area contributed by atoms with Gasteiger partial charge in [0, 0.05) is 18.4 Å². The molecular weight excluding hydrogens is 178 g/mol. The minimum absolute atomic E-state index is 0.150. The summed E-state index contributed by atoms with van der Waals surface area (Å²) in [5.74, 6) is 0.577. The van der Waals surface area contributed by atoms with E-state index in [0.717, 1.165) is 24.1 Å². The van der Waals surface area contributed by atoms with Crippen molar-refractivity contribution in [1.29, 1.82) is 0 Å². The van der Waals surface area contributed by atoms with Gasteiger partial charge in [-0.15, -0.1) is 0 Å². The second-order valence-electron chi connectivity index (χ2n) is 3.31. The number of allylic oxidation sites excluding steroid dienone is 1. The summed E-state index contributed by atoms with van der Waals surface area (Å²) in [5, 5.41) is 0. The first kappa shape index (κ1) is 9.15. The SMILES string of the molecule is COc1nccnc1C1=CC(N)CC1. The lowest BCUT2D eigenvalue weighted by atomic mass is 10.2. The molecule has 2 N–H and O–H groups in total. The van der Waals surface area contributed by atoms with Crippen molar-refractivity contribution >= 4 is 5.57 Å². The maximum Gasteiger partial charge on any atom is 0.239 e. The van der Waals surface area contributed by atoms with Crippen LogP contribution in [0.5, 0.6) is 5.88 Å². The molecule has 0 saturated carbocycles. The molecule has 14 heavy (non-hydrogen) atoms. The van der Waals surface area contributed by atoms with E-state index in [0.29, 0.717) is 5.88 Å². The summed E-state index contributed by atoms with van der Waals surface area (Å²) < 4.78 is 5.14. The number of nitrogens with two attached hydrogens (primary N) is 1. The third-order valence-electron chi connectivity index (χ3n) is 2.32. The lowest BCUT2D eigenvalue weighted by molar-refractivity contribution is 0.394. The Kier molecular flexibility index (Phi) is 2.45. The smallest absolute Gasteiger partial charge is 0.239 e. The molecule has 4 heteroatoms. The second kappa shape index (κ2) is 3.75. The van der Waals surface area contributed by atoms with Gasteiger partial charge in [0.2, 0.25) is 5.88 Å². The molecule has 1 aromatic heterocycles. The van der Waals surface area contributed by atoms with Crippen LogP contribution in [0.4, 0.5) is 0 Å². The molecule has 0 spiro atoms. The van der Waals surface area contributed by atoms with Gasteiger partial charge in [-0.1, -0.05) is 6.08 Å². The Labute approximate surface area is 82.8 Å². The largest absolute Gasteiger partial charge is 0.479 e. The number of nitrogens with zero attached hydrogens (tertiary/aromatic N) is 2. The van der Waals surface area contributed by atoms with Gasteiger partial charge in [-0.2, -0.15) is 0 Å². The average molecular weight is 191 g/mol. The molecule has 1 atom stereocenters. The van der Waals surface area contributed by atoms with Crippen molar-refractivity contribution < 1.29 is 4.74 Å². The minimum Gasteiger partial charge on any atom is -0.479 e. The first-order valence-corrected chi connectivity index (χ1v) is 4.63. The maximum atomic E-state index is 5.79. The summed E-state index contributed by atoms with van der Waals surface area (Å²) in [4.78, 5) is 8.36. The van der Waals surface area contributed by atoms with E-state index in [1.54, 1.807) is 19.5 Å². The van der Waals surface area contributed by atoms with Crippen molar-refractivity contribution in [2.75, 3.05) is 7.11 Å². The van der Waals surface area contributed by atoms with Crippen molar-refractivity contribution in [1.82, 2.24) is 9.97 Å². The van der Waals surface area contributed by atoms with Crippen molar-refractivity contribution in [2.24, 2.45) is 5.73 Å². The summed E-state index contributed by atoms with van der Waals surface area (Å²) >= 11 is 0. The van der Waals surface area contributed by atoms with Gasteiger partial charge in [-0.3, -0.25) is 0 Å². The number of methoxy groups -OCH3 is 1. The van der Waals surface area contributed by atoms with Gasteiger partial charge in [-0.05, 0) is 18.4 Å². The van der Waals surface area contributed by atoms with E-state index in [1.165, 1.54) is 0 Å². The zero-order chi connectivity index (χ0) is 9.97. The normalized spacial score (nSPS) is 20.7. The van der Waals surface area contributed by atoms with E-state index >= 15 is 0 Å². The Bertz CT molecular complexity index is 362. The fourth-order valence-corrected chi connectivity index (χ4v) is 1.64. The van der Waals surface area contributed by atoms with Crippen LogP contribution >= 0.6 is 0 Å². The van der Waals surface area contributed by atoms with Crippen LogP contribution in [0.1, 0.15) is 18.5 Å². The van der Waals surface area contributed by atoms with Gasteiger partial charge in [0.15, 0.2) is 0 Å². The molecule has 4 nitrogen and oxygen atoms in total. The lowest BCUT2D eigenvalue weighted by Gasteiger charge is -2.05. The van der Waals surface area contributed by atoms with E-state index < -0.39 is 0 Å². The predicted molar refractivity (Wildman–Crippen MR) is 53.8 cm³/mol. The molecule has 1 unspecified atom stereocenters. The molecule has 1 heterocycles. The highest BCUT2D eigenvalue weighted by Crippen LogP contribution is 2.29. The van der Waals surface area contributed by atoms with Crippen LogP contribution in [0.25, 0.3) is 5.57 Å². The van der Waals surface area contributed by atoms with Gasteiger partial charge in [0.05, 0.1) is 7.11 Å². The first-order chi connectivity index (χ1) is 6.81. The van der Waals surface area contributed by atoms with Crippen LogP contribution in [0, 0.1) is 0 Å². The fraction of sp³-hybridized carbons (Fsp3) is 0.400. The number of ether oxygens (including phenoxy) is 1. The quantitative estimate of drug-likeness (QED) is 0.757. The highest BCUT2D eigenvalue weighted by atomic mass is 16.5. The second-order valence-corrected chi connectivity index (χ2v) is 3.31. The predicted octanol–water partition coefficient (Wildman–Crippen LogP) is 0.990. The minimum atomic E-state index is 0.150. The van der Waals surface area contributed by atoms with E-state index in [4.69, 9.17) is 10.5 Å². The molecule has 0 saturated heterocycles. The van der Waals surface area contributed by atoms with Crippen molar-refractivity contribution in [2.45, 2.75) is 18.9 Å². The molecule has 74 valence electrons. The van der Waals surface area contributed by atoms with Gasteiger partial charge >= 0.3 is 0 Å². The van der Waals surface area contributed by atoms with Crippen LogP contribution in [0.3, 0.4) is 0 Å². The van der Waals surface area contributed by atoms with E-state index in [9.17, 15) is 0 Å². The number of aromatic nitrogens is 2. The van der Waals surface area contributed by atoms with Crippen molar-refractivity contribution in [3.05, 3.63) is 24.2 Å². The maximum absolute atomic E-state index is 5.79. The van der Waals surface area contributed by atoms with Crippen molar-refractivity contribution in [3.8, 4) is 5.88 Å². The molecule has 1 aromatic rings. The molecule has 1 aliphatic rings. The fourth-order valence-electron chi connectivity index (χ4n) is 1.64. The summed E-state index contributed by atoms with van der Waals surface area (Å²) in [6.45, 7) is 0. The van der Waals surface area contributed by atoms with E-state index in [2.05, 4.69) is 9.97 Å². The van der Waals surface area contributed by atoms with Crippen LogP contribution < -0.4 is 10.5 Å². The highest BCUT2D eigenvalue weighted by molar-refractivity contribution is 5.68. The Morgan fingerprint density at radius 1 is 1.43 bits per heavy atom. The van der Waals surface area contributed by atoms with Crippen LogP contribution in [-0.4, -0.2) is 23.1 Å². The highest BCUT2D eigenvalue weighted by Gasteiger charge is 2.17.